The molecule has 0 spiro atoms. The van der Waals surface area contributed by atoms with Gasteiger partial charge in [-0.15, -0.1) is 0 Å². The predicted molar refractivity (Wildman–Crippen MR) is 154 cm³/mol. The molecule has 0 radical (unpaired) electrons. The third-order valence-corrected chi connectivity index (χ3v) is 6.88. The fraction of sp³-hybridized carbons (Fsp3) is 0. The lowest BCUT2D eigenvalue weighted by molar-refractivity contribution is 1.17. The Labute approximate surface area is 230 Å². The lowest BCUT2D eigenvalue weighted by Crippen LogP contribution is -2.10. The number of nitrogens with zero attached hydrogens (tertiary/aromatic N) is 6. The summed E-state index contributed by atoms with van der Waals surface area (Å²) in [6.45, 7) is 0. The van der Waals surface area contributed by atoms with E-state index < -0.39 is 0 Å². The van der Waals surface area contributed by atoms with Crippen molar-refractivity contribution in [2.75, 3.05) is 4.90 Å². The molecule has 0 N–H and O–H groups in total. The zero-order chi connectivity index (χ0) is 27.6. The maximum absolute atomic E-state index is 9.52. The van der Waals surface area contributed by atoms with Crippen LogP contribution in [0.15, 0.2) is 109 Å². The van der Waals surface area contributed by atoms with Crippen LogP contribution in [-0.4, -0.2) is 4.57 Å². The first-order chi connectivity index (χ1) is 19.6. The zero-order valence-electron chi connectivity index (χ0n) is 21.1. The van der Waals surface area contributed by atoms with E-state index in [-0.39, 0.29) is 0 Å². The van der Waals surface area contributed by atoms with E-state index in [4.69, 9.17) is 0 Å². The SMILES string of the molecule is N#Cc1ccc(N(c2ccc(C#N)cc2)c2cccc(-n3c4ccc(C#N)cc4c4cc(C#N)ccc43)c2)cc1. The summed E-state index contributed by atoms with van der Waals surface area (Å²) in [5.74, 6) is 0. The van der Waals surface area contributed by atoms with Crippen LogP contribution >= 0.6 is 0 Å². The highest BCUT2D eigenvalue weighted by atomic mass is 15.1. The molecule has 0 saturated carbocycles. The van der Waals surface area contributed by atoms with Crippen LogP contribution in [0.2, 0.25) is 0 Å². The lowest BCUT2D eigenvalue weighted by atomic mass is 10.1. The second-order valence-corrected chi connectivity index (χ2v) is 9.20. The Hall–Kier alpha value is -6.34. The topological polar surface area (TPSA) is 103 Å². The number of hydrogen-bond donors (Lipinski definition) is 0. The molecule has 1 aromatic heterocycles. The zero-order valence-corrected chi connectivity index (χ0v) is 21.1. The van der Waals surface area contributed by atoms with Gasteiger partial charge in [-0.1, -0.05) is 6.07 Å². The number of aromatic nitrogens is 1. The van der Waals surface area contributed by atoms with Crippen LogP contribution in [0.25, 0.3) is 27.5 Å². The first-order valence-electron chi connectivity index (χ1n) is 12.4. The quantitative estimate of drug-likeness (QED) is 0.241. The average Bonchev–Trinajstić information content (AvgIpc) is 3.34. The van der Waals surface area contributed by atoms with Crippen molar-refractivity contribution in [1.82, 2.24) is 4.57 Å². The standard InChI is InChI=1S/C34H18N6/c35-19-23-4-10-27(11-5-23)39(28-12-6-24(20-36)7-13-28)29-2-1-3-30(18-29)40-33-14-8-25(21-37)16-31(33)32-17-26(22-38)9-15-34(32)40/h1-18H. The van der Waals surface area contributed by atoms with E-state index >= 15 is 0 Å². The van der Waals surface area contributed by atoms with Gasteiger partial charge in [-0.3, -0.25) is 0 Å². The van der Waals surface area contributed by atoms with Gasteiger partial charge in [0.1, 0.15) is 0 Å². The van der Waals surface area contributed by atoms with Gasteiger partial charge in [0.05, 0.1) is 57.6 Å². The largest absolute Gasteiger partial charge is 0.310 e. The third kappa shape index (κ3) is 4.06. The molecule has 0 atom stereocenters. The highest BCUT2D eigenvalue weighted by Gasteiger charge is 2.17. The molecule has 0 aliphatic carbocycles. The highest BCUT2D eigenvalue weighted by Crippen LogP contribution is 2.38. The molecule has 6 rings (SSSR count). The van der Waals surface area contributed by atoms with E-state index in [0.717, 1.165) is 44.6 Å². The Morgan fingerprint density at radius 2 is 0.900 bits per heavy atom. The molecule has 0 aliphatic heterocycles. The number of nitriles is 4. The van der Waals surface area contributed by atoms with Crippen molar-refractivity contribution >= 4 is 38.9 Å². The summed E-state index contributed by atoms with van der Waals surface area (Å²) in [5.41, 5.74) is 7.58. The van der Waals surface area contributed by atoms with Crippen molar-refractivity contribution in [1.29, 1.82) is 21.0 Å². The average molecular weight is 511 g/mol. The van der Waals surface area contributed by atoms with Gasteiger partial charge in [-0.25, -0.2) is 0 Å². The monoisotopic (exact) mass is 510 g/mol. The molecule has 0 bridgehead atoms. The number of fused-ring (bicyclic) bond motifs is 3. The van der Waals surface area contributed by atoms with Crippen LogP contribution in [0.4, 0.5) is 17.1 Å². The first-order valence-corrected chi connectivity index (χ1v) is 12.4. The van der Waals surface area contributed by atoms with Gasteiger partial charge in [0.25, 0.3) is 0 Å². The van der Waals surface area contributed by atoms with Gasteiger partial charge in [0.2, 0.25) is 0 Å². The van der Waals surface area contributed by atoms with E-state index in [1.165, 1.54) is 0 Å². The van der Waals surface area contributed by atoms with Crippen molar-refractivity contribution in [2.24, 2.45) is 0 Å². The van der Waals surface area contributed by atoms with Gasteiger partial charge >= 0.3 is 0 Å². The van der Waals surface area contributed by atoms with Gasteiger partial charge in [-0.2, -0.15) is 21.0 Å². The second-order valence-electron chi connectivity index (χ2n) is 9.20. The Kier molecular flexibility index (Phi) is 5.91. The first kappa shape index (κ1) is 24.0. The normalized spacial score (nSPS) is 10.4. The molecule has 0 unspecified atom stereocenters. The van der Waals surface area contributed by atoms with Crippen LogP contribution < -0.4 is 4.90 Å². The molecule has 0 saturated heterocycles. The molecule has 6 nitrogen and oxygen atoms in total. The van der Waals surface area contributed by atoms with Gasteiger partial charge in [0, 0.05) is 33.5 Å². The molecule has 5 aromatic carbocycles. The molecule has 6 heteroatoms. The Balaban J connectivity index is 1.58. The molecule has 0 aliphatic rings. The predicted octanol–water partition coefficient (Wildman–Crippen LogP) is 7.74. The van der Waals surface area contributed by atoms with E-state index in [0.29, 0.717) is 22.3 Å². The Bertz CT molecular complexity index is 1960. The molecule has 0 amide bonds. The smallest absolute Gasteiger partial charge is 0.0991 e. The second kappa shape index (κ2) is 9.85. The van der Waals surface area contributed by atoms with E-state index in [9.17, 15) is 21.0 Å². The highest BCUT2D eigenvalue weighted by molar-refractivity contribution is 6.10. The minimum Gasteiger partial charge on any atom is -0.310 e. The minimum absolute atomic E-state index is 0.551. The number of rotatable bonds is 4. The fourth-order valence-corrected chi connectivity index (χ4v) is 5.03. The van der Waals surface area contributed by atoms with Gasteiger partial charge in [0.15, 0.2) is 0 Å². The van der Waals surface area contributed by atoms with Crippen molar-refractivity contribution in [3.05, 3.63) is 131 Å². The molecule has 184 valence electrons. The van der Waals surface area contributed by atoms with E-state index in [2.05, 4.69) is 39.8 Å². The van der Waals surface area contributed by atoms with Crippen LogP contribution in [0.1, 0.15) is 22.3 Å². The fourth-order valence-electron chi connectivity index (χ4n) is 5.03. The molecule has 0 fully saturated rings. The van der Waals surface area contributed by atoms with Crippen molar-refractivity contribution < 1.29 is 0 Å². The lowest BCUT2D eigenvalue weighted by Gasteiger charge is -2.26. The van der Waals surface area contributed by atoms with Crippen LogP contribution in [0.3, 0.4) is 0 Å². The maximum atomic E-state index is 9.52. The van der Waals surface area contributed by atoms with E-state index in [1.54, 1.807) is 36.4 Å². The maximum Gasteiger partial charge on any atom is 0.0991 e. The summed E-state index contributed by atoms with van der Waals surface area (Å²) in [7, 11) is 0. The Morgan fingerprint density at radius 3 is 1.35 bits per heavy atom. The summed E-state index contributed by atoms with van der Waals surface area (Å²) in [5, 5.41) is 39.5. The molecule has 1 heterocycles. The Morgan fingerprint density at radius 1 is 0.450 bits per heavy atom. The van der Waals surface area contributed by atoms with E-state index in [1.807, 2.05) is 66.7 Å². The summed E-state index contributed by atoms with van der Waals surface area (Å²) < 4.78 is 2.13. The summed E-state index contributed by atoms with van der Waals surface area (Å²) in [4.78, 5) is 2.07. The van der Waals surface area contributed by atoms with Crippen molar-refractivity contribution in [3.8, 4) is 30.0 Å². The third-order valence-electron chi connectivity index (χ3n) is 6.88. The van der Waals surface area contributed by atoms with Crippen molar-refractivity contribution in [2.45, 2.75) is 0 Å². The molecule has 40 heavy (non-hydrogen) atoms. The van der Waals surface area contributed by atoms with Crippen LogP contribution in [-0.2, 0) is 0 Å². The summed E-state index contributed by atoms with van der Waals surface area (Å²) in [6, 6.07) is 42.8. The van der Waals surface area contributed by atoms with Gasteiger partial charge in [-0.05, 0) is 103 Å². The summed E-state index contributed by atoms with van der Waals surface area (Å²) in [6.07, 6.45) is 0. The number of hydrogen-bond acceptors (Lipinski definition) is 5. The molecule has 6 aromatic rings. The number of benzene rings is 5. The van der Waals surface area contributed by atoms with Crippen molar-refractivity contribution in [3.63, 3.8) is 0 Å². The van der Waals surface area contributed by atoms with Gasteiger partial charge < -0.3 is 9.47 Å². The number of anilines is 3. The minimum atomic E-state index is 0.551. The van der Waals surface area contributed by atoms with Crippen LogP contribution in [0.5, 0.6) is 0 Å². The summed E-state index contributed by atoms with van der Waals surface area (Å²) >= 11 is 0. The molecular formula is C34H18N6. The van der Waals surface area contributed by atoms with Crippen LogP contribution in [0, 0.1) is 45.3 Å². The molecular weight excluding hydrogens is 492 g/mol.